The highest BCUT2D eigenvalue weighted by atomic mass is 32.1. The monoisotopic (exact) mass is 333 g/mol. The first-order valence-electron chi connectivity index (χ1n) is 7.92. The Morgan fingerprint density at radius 1 is 1.52 bits per heavy atom. The van der Waals surface area contributed by atoms with Gasteiger partial charge >= 0.3 is 0 Å². The number of thiazole rings is 1. The van der Waals surface area contributed by atoms with Crippen LogP contribution in [0.15, 0.2) is 22.4 Å². The Balaban J connectivity index is 1.39. The Kier molecular flexibility index (Phi) is 3.90. The van der Waals surface area contributed by atoms with Crippen LogP contribution < -0.4 is 0 Å². The van der Waals surface area contributed by atoms with Gasteiger partial charge in [-0.05, 0) is 19.3 Å². The van der Waals surface area contributed by atoms with Crippen LogP contribution in [0.4, 0.5) is 0 Å². The molecule has 6 nitrogen and oxygen atoms in total. The number of carbonyl (C=O) groups excluding carboxylic acids is 1. The number of fused-ring (bicyclic) bond motifs is 1. The van der Waals surface area contributed by atoms with Crippen LogP contribution in [0.5, 0.6) is 0 Å². The molecule has 0 N–H and O–H groups in total. The molecule has 0 radical (unpaired) electrons. The van der Waals surface area contributed by atoms with Gasteiger partial charge in [-0.15, -0.1) is 11.3 Å². The summed E-state index contributed by atoms with van der Waals surface area (Å²) in [4.78, 5) is 18.8. The molecular formula is C16H19N3O3S. The van der Waals surface area contributed by atoms with Gasteiger partial charge in [-0.2, -0.15) is 0 Å². The number of ether oxygens (including phenoxy) is 1. The number of nitrogens with zero attached hydrogens (tertiary/aromatic N) is 3. The van der Waals surface area contributed by atoms with E-state index in [0.717, 1.165) is 43.2 Å². The van der Waals surface area contributed by atoms with Gasteiger partial charge in [0.25, 0.3) is 5.91 Å². The lowest BCUT2D eigenvalue weighted by molar-refractivity contribution is 0.0611. The van der Waals surface area contributed by atoms with Crippen LogP contribution in [0.25, 0.3) is 0 Å². The fraction of sp³-hybridized carbons (Fsp3) is 0.562. The van der Waals surface area contributed by atoms with E-state index in [1.807, 2.05) is 11.8 Å². The van der Waals surface area contributed by atoms with E-state index in [9.17, 15) is 4.79 Å². The smallest absolute Gasteiger partial charge is 0.258 e. The van der Waals surface area contributed by atoms with E-state index in [1.54, 1.807) is 11.3 Å². The number of piperidine rings is 1. The summed E-state index contributed by atoms with van der Waals surface area (Å²) in [7, 11) is 0. The minimum atomic E-state index is 0.00342. The molecule has 3 atom stereocenters. The quantitative estimate of drug-likeness (QED) is 0.861. The van der Waals surface area contributed by atoms with Crippen LogP contribution in [0.2, 0.25) is 0 Å². The maximum Gasteiger partial charge on any atom is 0.258 e. The number of likely N-dealkylation sites (tertiary alicyclic amines) is 1. The molecule has 2 aromatic heterocycles. The predicted molar refractivity (Wildman–Crippen MR) is 84.3 cm³/mol. The molecule has 0 saturated carbocycles. The lowest BCUT2D eigenvalue weighted by atomic mass is 9.83. The molecule has 23 heavy (non-hydrogen) atoms. The van der Waals surface area contributed by atoms with Crippen molar-refractivity contribution in [1.82, 2.24) is 15.0 Å². The first-order valence-corrected chi connectivity index (χ1v) is 8.80. The molecule has 122 valence electrons. The van der Waals surface area contributed by atoms with E-state index in [2.05, 4.69) is 15.5 Å². The average molecular weight is 333 g/mol. The van der Waals surface area contributed by atoms with Crippen molar-refractivity contribution in [3.05, 3.63) is 34.1 Å². The van der Waals surface area contributed by atoms with Gasteiger partial charge in [-0.3, -0.25) is 4.79 Å². The van der Waals surface area contributed by atoms with Gasteiger partial charge in [0.2, 0.25) is 0 Å². The molecule has 0 bridgehead atoms. The molecule has 2 aliphatic rings. The first-order chi connectivity index (χ1) is 11.2. The zero-order chi connectivity index (χ0) is 15.8. The second-order valence-corrected chi connectivity index (χ2v) is 7.28. The molecule has 2 aliphatic heterocycles. The molecule has 0 aliphatic carbocycles. The molecule has 4 rings (SSSR count). The highest BCUT2D eigenvalue weighted by molar-refractivity contribution is 7.09. The lowest BCUT2D eigenvalue weighted by Crippen LogP contribution is -2.44. The fourth-order valence-electron chi connectivity index (χ4n) is 3.64. The van der Waals surface area contributed by atoms with Crippen LogP contribution in [-0.2, 0) is 11.2 Å². The molecule has 0 unspecified atom stereocenters. The van der Waals surface area contributed by atoms with Crippen molar-refractivity contribution >= 4 is 17.2 Å². The van der Waals surface area contributed by atoms with Crippen LogP contribution in [0.3, 0.4) is 0 Å². The minimum absolute atomic E-state index is 0.00342. The maximum atomic E-state index is 12.4. The zero-order valence-electron chi connectivity index (χ0n) is 13.0. The number of carbonyl (C=O) groups is 1. The Bertz CT molecular complexity index is 685. The average Bonchev–Trinajstić information content (AvgIpc) is 3.28. The third kappa shape index (κ3) is 2.90. The minimum Gasteiger partial charge on any atom is -0.377 e. The molecule has 2 fully saturated rings. The van der Waals surface area contributed by atoms with Crippen molar-refractivity contribution in [2.24, 2.45) is 11.8 Å². The standard InChI is InChI=1S/C16H19N3O3S/c1-10-9-23-15(18-10)4-14-13-2-3-19(6-12(13)7-21-14)16(20)11-5-17-22-8-11/h5,8-9,12-14H,2-4,6-7H2,1H3/t12-,13-,14-/m0/s1. The Morgan fingerprint density at radius 3 is 3.17 bits per heavy atom. The molecule has 0 aromatic carbocycles. The summed E-state index contributed by atoms with van der Waals surface area (Å²) in [6.45, 7) is 4.27. The fourth-order valence-corrected chi connectivity index (χ4v) is 4.46. The molecule has 0 spiro atoms. The summed E-state index contributed by atoms with van der Waals surface area (Å²) >= 11 is 1.71. The number of aromatic nitrogens is 2. The zero-order valence-corrected chi connectivity index (χ0v) is 13.8. The third-order valence-electron chi connectivity index (χ3n) is 4.80. The highest BCUT2D eigenvalue weighted by Gasteiger charge is 2.42. The topological polar surface area (TPSA) is 68.5 Å². The van der Waals surface area contributed by atoms with Gasteiger partial charge in [0.1, 0.15) is 6.26 Å². The first kappa shape index (κ1) is 14.8. The number of rotatable bonds is 3. The summed E-state index contributed by atoms with van der Waals surface area (Å²) in [5, 5.41) is 6.85. The van der Waals surface area contributed by atoms with E-state index in [-0.39, 0.29) is 12.0 Å². The van der Waals surface area contributed by atoms with Gasteiger partial charge < -0.3 is 14.2 Å². The Hall–Kier alpha value is -1.73. The van der Waals surface area contributed by atoms with E-state index in [0.29, 0.717) is 17.4 Å². The van der Waals surface area contributed by atoms with Crippen molar-refractivity contribution in [2.75, 3.05) is 19.7 Å². The molecule has 4 heterocycles. The van der Waals surface area contributed by atoms with Crippen molar-refractivity contribution in [2.45, 2.75) is 25.9 Å². The van der Waals surface area contributed by atoms with Crippen LogP contribution in [0, 0.1) is 18.8 Å². The van der Waals surface area contributed by atoms with E-state index < -0.39 is 0 Å². The number of hydrogen-bond donors (Lipinski definition) is 0. The van der Waals surface area contributed by atoms with Crippen LogP contribution in [-0.4, -0.2) is 46.7 Å². The van der Waals surface area contributed by atoms with Crippen LogP contribution >= 0.6 is 11.3 Å². The number of hydrogen-bond acceptors (Lipinski definition) is 6. The van der Waals surface area contributed by atoms with Crippen molar-refractivity contribution in [3.8, 4) is 0 Å². The van der Waals surface area contributed by atoms with Gasteiger partial charge in [-0.25, -0.2) is 4.98 Å². The second-order valence-electron chi connectivity index (χ2n) is 6.34. The summed E-state index contributed by atoms with van der Waals surface area (Å²) in [6.07, 6.45) is 4.99. The van der Waals surface area contributed by atoms with Gasteiger partial charge in [0.05, 0.1) is 29.5 Å². The summed E-state index contributed by atoms with van der Waals surface area (Å²) in [6, 6.07) is 0. The van der Waals surface area contributed by atoms with E-state index in [4.69, 9.17) is 9.26 Å². The normalized spacial score (nSPS) is 27.2. The summed E-state index contributed by atoms with van der Waals surface area (Å²) in [5.41, 5.74) is 1.60. The molecule has 2 aromatic rings. The predicted octanol–water partition coefficient (Wildman–Crippen LogP) is 2.16. The number of amides is 1. The summed E-state index contributed by atoms with van der Waals surface area (Å²) in [5.74, 6) is 0.938. The maximum absolute atomic E-state index is 12.4. The molecule has 1 amide bonds. The van der Waals surface area contributed by atoms with E-state index >= 15 is 0 Å². The van der Waals surface area contributed by atoms with Gasteiger partial charge in [-0.1, -0.05) is 5.16 Å². The molecule has 2 saturated heterocycles. The SMILES string of the molecule is Cc1csc(C[C@@H]2OC[C@@H]3CN(C(=O)c4cnoc4)CC[C@@H]32)n1. The lowest BCUT2D eigenvalue weighted by Gasteiger charge is -2.35. The number of aryl methyl sites for hydroxylation is 1. The highest BCUT2D eigenvalue weighted by Crippen LogP contribution is 2.36. The summed E-state index contributed by atoms with van der Waals surface area (Å²) < 4.78 is 10.8. The second kappa shape index (κ2) is 6.05. The third-order valence-corrected chi connectivity index (χ3v) is 5.79. The van der Waals surface area contributed by atoms with Crippen molar-refractivity contribution in [3.63, 3.8) is 0 Å². The molecule has 7 heteroatoms. The van der Waals surface area contributed by atoms with Crippen molar-refractivity contribution < 1.29 is 14.1 Å². The van der Waals surface area contributed by atoms with Gasteiger partial charge in [0, 0.05) is 36.5 Å². The Labute approximate surface area is 138 Å². The van der Waals surface area contributed by atoms with Gasteiger partial charge in [0.15, 0.2) is 0 Å². The van der Waals surface area contributed by atoms with E-state index in [1.165, 1.54) is 12.5 Å². The Morgan fingerprint density at radius 2 is 2.43 bits per heavy atom. The largest absolute Gasteiger partial charge is 0.377 e. The van der Waals surface area contributed by atoms with Crippen LogP contribution in [0.1, 0.15) is 27.5 Å². The van der Waals surface area contributed by atoms with Crippen molar-refractivity contribution in [1.29, 1.82) is 0 Å². The molecular weight excluding hydrogens is 314 g/mol.